The Kier molecular flexibility index (Phi) is 4.86. The molecule has 1 aliphatic rings. The van der Waals surface area contributed by atoms with E-state index >= 15 is 0 Å². The Hall–Kier alpha value is -2.44. The molecule has 21 heavy (non-hydrogen) atoms. The van der Waals surface area contributed by atoms with Gasteiger partial charge in [-0.3, -0.25) is 4.79 Å². The predicted octanol–water partition coefficient (Wildman–Crippen LogP) is 0.693. The van der Waals surface area contributed by atoms with Crippen molar-refractivity contribution in [3.63, 3.8) is 0 Å². The van der Waals surface area contributed by atoms with Crippen LogP contribution in [0.15, 0.2) is 18.2 Å². The zero-order chi connectivity index (χ0) is 15.2. The maximum Gasteiger partial charge on any atom is 0.312 e. The third kappa shape index (κ3) is 4.27. The van der Waals surface area contributed by atoms with Crippen LogP contribution in [0.2, 0.25) is 0 Å². The van der Waals surface area contributed by atoms with Crippen LogP contribution in [-0.2, 0) is 4.79 Å². The Labute approximate surface area is 122 Å². The fourth-order valence-electron chi connectivity index (χ4n) is 1.99. The molecule has 1 aromatic rings. The van der Waals surface area contributed by atoms with E-state index in [0.717, 1.165) is 12.0 Å². The quantitative estimate of drug-likeness (QED) is 0.760. The molecule has 0 radical (unpaired) electrons. The van der Waals surface area contributed by atoms with E-state index in [1.807, 2.05) is 25.1 Å². The highest BCUT2D eigenvalue weighted by atomic mass is 16.5. The zero-order valence-electron chi connectivity index (χ0n) is 11.8. The summed E-state index contributed by atoms with van der Waals surface area (Å²) in [4.78, 5) is 22.2. The number of hydrogen-bond acceptors (Lipinski definition) is 4. The van der Waals surface area contributed by atoms with Crippen molar-refractivity contribution < 1.29 is 19.1 Å². The highest BCUT2D eigenvalue weighted by molar-refractivity contribution is 5.83. The lowest BCUT2D eigenvalue weighted by molar-refractivity contribution is -0.120. The van der Waals surface area contributed by atoms with Gasteiger partial charge in [0.2, 0.25) is 5.91 Å². The molecule has 0 spiro atoms. The van der Waals surface area contributed by atoms with Gasteiger partial charge in [0.05, 0.1) is 25.8 Å². The van der Waals surface area contributed by atoms with Crippen molar-refractivity contribution in [2.75, 3.05) is 19.8 Å². The second-order valence-electron chi connectivity index (χ2n) is 4.76. The Balaban J connectivity index is 1.99. The number of benzene rings is 1. The number of nitrogens with two attached hydrogens (primary N) is 1. The molecule has 114 valence electrons. The van der Waals surface area contributed by atoms with Crippen LogP contribution in [-0.4, -0.2) is 31.7 Å². The fraction of sp³-hybridized carbons (Fsp3) is 0.429. The van der Waals surface area contributed by atoms with Crippen molar-refractivity contribution in [1.29, 1.82) is 0 Å². The Morgan fingerprint density at radius 1 is 1.29 bits per heavy atom. The molecule has 0 aliphatic carbocycles. The smallest absolute Gasteiger partial charge is 0.312 e. The van der Waals surface area contributed by atoms with Crippen molar-refractivity contribution in [2.45, 2.75) is 19.4 Å². The van der Waals surface area contributed by atoms with Gasteiger partial charge in [-0.2, -0.15) is 0 Å². The van der Waals surface area contributed by atoms with Gasteiger partial charge in [-0.15, -0.1) is 0 Å². The van der Waals surface area contributed by atoms with Gasteiger partial charge in [0.15, 0.2) is 11.5 Å². The maximum atomic E-state index is 11.6. The molecule has 1 aromatic carbocycles. The summed E-state index contributed by atoms with van der Waals surface area (Å²) in [5.74, 6) is 1.08. The predicted molar refractivity (Wildman–Crippen MR) is 76.2 cm³/mol. The van der Waals surface area contributed by atoms with Gasteiger partial charge in [-0.05, 0) is 24.6 Å². The molecule has 3 amide bonds. The van der Waals surface area contributed by atoms with Gasteiger partial charge >= 0.3 is 6.03 Å². The number of carbonyl (C=O) groups is 2. The molecule has 2 rings (SSSR count). The Morgan fingerprint density at radius 3 is 2.71 bits per heavy atom. The van der Waals surface area contributed by atoms with E-state index in [9.17, 15) is 9.59 Å². The van der Waals surface area contributed by atoms with E-state index in [4.69, 9.17) is 15.2 Å². The summed E-state index contributed by atoms with van der Waals surface area (Å²) >= 11 is 0. The second-order valence-corrected chi connectivity index (χ2v) is 4.76. The van der Waals surface area contributed by atoms with Crippen molar-refractivity contribution in [3.8, 4) is 11.5 Å². The number of carbonyl (C=O) groups excluding carboxylic acids is 2. The Bertz CT molecular complexity index is 533. The molecule has 0 unspecified atom stereocenters. The first-order valence-corrected chi connectivity index (χ1v) is 6.78. The fourth-order valence-corrected chi connectivity index (χ4v) is 1.99. The van der Waals surface area contributed by atoms with Gasteiger partial charge in [0, 0.05) is 6.42 Å². The van der Waals surface area contributed by atoms with Crippen LogP contribution in [0.25, 0.3) is 0 Å². The zero-order valence-corrected chi connectivity index (χ0v) is 11.8. The van der Waals surface area contributed by atoms with Crippen LogP contribution in [0, 0.1) is 0 Å². The summed E-state index contributed by atoms with van der Waals surface area (Å²) in [6.45, 7) is 2.95. The Morgan fingerprint density at radius 2 is 2.00 bits per heavy atom. The molecule has 0 fully saturated rings. The normalized spacial score (nSPS) is 14.7. The second kappa shape index (κ2) is 6.83. The molecular weight excluding hydrogens is 274 g/mol. The van der Waals surface area contributed by atoms with E-state index < -0.39 is 6.03 Å². The first-order valence-electron chi connectivity index (χ1n) is 6.78. The topological polar surface area (TPSA) is 103 Å². The van der Waals surface area contributed by atoms with Gasteiger partial charge < -0.3 is 25.8 Å². The van der Waals surface area contributed by atoms with Crippen LogP contribution in [0.3, 0.4) is 0 Å². The van der Waals surface area contributed by atoms with Gasteiger partial charge in [0.25, 0.3) is 0 Å². The molecule has 1 heterocycles. The largest absolute Gasteiger partial charge is 0.490 e. The summed E-state index contributed by atoms with van der Waals surface area (Å²) in [5, 5.41) is 5.01. The van der Waals surface area contributed by atoms with Gasteiger partial charge in [-0.25, -0.2) is 4.79 Å². The number of fused-ring (bicyclic) bond motifs is 1. The lowest BCUT2D eigenvalue weighted by atomic mass is 10.1. The van der Waals surface area contributed by atoms with Crippen molar-refractivity contribution in [2.24, 2.45) is 5.73 Å². The van der Waals surface area contributed by atoms with Crippen LogP contribution < -0.4 is 25.8 Å². The standard InChI is InChI=1S/C14H19N3O4/c1-9(17-13(18)8-16-14(15)19)10-3-4-11-12(7-10)21-6-2-5-20-11/h3-4,7,9H,2,5-6,8H2,1H3,(H,17,18)(H3,15,16,19)/t9-/m0/s1. The van der Waals surface area contributed by atoms with Crippen LogP contribution in [0.5, 0.6) is 11.5 Å². The number of urea groups is 1. The monoisotopic (exact) mass is 293 g/mol. The molecule has 0 saturated carbocycles. The number of nitrogens with one attached hydrogen (secondary N) is 2. The molecule has 0 bridgehead atoms. The molecule has 7 heteroatoms. The minimum Gasteiger partial charge on any atom is -0.490 e. The SMILES string of the molecule is C[C@H](NC(=O)CNC(N)=O)c1ccc2c(c1)OCCCO2. The number of ether oxygens (including phenoxy) is 2. The molecule has 0 saturated heterocycles. The summed E-state index contributed by atoms with van der Waals surface area (Å²) in [7, 11) is 0. The summed E-state index contributed by atoms with van der Waals surface area (Å²) in [6.07, 6.45) is 0.842. The highest BCUT2D eigenvalue weighted by Gasteiger charge is 2.15. The molecular formula is C14H19N3O4. The average Bonchev–Trinajstić information content (AvgIpc) is 2.69. The summed E-state index contributed by atoms with van der Waals surface area (Å²) in [6, 6.07) is 4.62. The van der Waals surface area contributed by atoms with Crippen LogP contribution in [0.4, 0.5) is 4.79 Å². The maximum absolute atomic E-state index is 11.6. The van der Waals surface area contributed by atoms with E-state index in [1.54, 1.807) is 0 Å². The minimum atomic E-state index is -0.728. The number of primary amides is 1. The number of hydrogen-bond donors (Lipinski definition) is 3. The number of rotatable bonds is 4. The summed E-state index contributed by atoms with van der Waals surface area (Å²) < 4.78 is 11.2. The molecule has 1 atom stereocenters. The molecule has 1 aliphatic heterocycles. The van der Waals surface area contributed by atoms with E-state index in [-0.39, 0.29) is 18.5 Å². The van der Waals surface area contributed by atoms with Gasteiger partial charge in [0.1, 0.15) is 0 Å². The number of amides is 3. The lowest BCUT2D eigenvalue weighted by Gasteiger charge is -2.16. The van der Waals surface area contributed by atoms with Crippen LogP contribution in [0.1, 0.15) is 24.9 Å². The highest BCUT2D eigenvalue weighted by Crippen LogP contribution is 2.32. The molecule has 4 N–H and O–H groups in total. The van der Waals surface area contributed by atoms with Crippen molar-refractivity contribution in [3.05, 3.63) is 23.8 Å². The van der Waals surface area contributed by atoms with E-state index in [2.05, 4.69) is 10.6 Å². The van der Waals surface area contributed by atoms with Crippen molar-refractivity contribution >= 4 is 11.9 Å². The third-order valence-corrected chi connectivity index (χ3v) is 3.07. The van der Waals surface area contributed by atoms with Gasteiger partial charge in [-0.1, -0.05) is 6.07 Å². The average molecular weight is 293 g/mol. The van der Waals surface area contributed by atoms with Crippen LogP contribution >= 0.6 is 0 Å². The minimum absolute atomic E-state index is 0.149. The van der Waals surface area contributed by atoms with E-state index in [0.29, 0.717) is 24.7 Å². The van der Waals surface area contributed by atoms with Crippen molar-refractivity contribution in [1.82, 2.24) is 10.6 Å². The van der Waals surface area contributed by atoms with E-state index in [1.165, 1.54) is 0 Å². The first kappa shape index (κ1) is 15.0. The lowest BCUT2D eigenvalue weighted by Crippen LogP contribution is -2.40. The molecule has 0 aromatic heterocycles. The first-order chi connectivity index (χ1) is 10.1. The third-order valence-electron chi connectivity index (χ3n) is 3.07. The summed E-state index contributed by atoms with van der Waals surface area (Å²) in [5.41, 5.74) is 5.81. The molecule has 7 nitrogen and oxygen atoms in total.